The summed E-state index contributed by atoms with van der Waals surface area (Å²) >= 11 is 0. The Hall–Kier alpha value is -3.77. The van der Waals surface area contributed by atoms with E-state index in [0.29, 0.717) is 37.7 Å². The number of rotatable bonds is 11. The molecule has 0 aliphatic heterocycles. The minimum Gasteiger partial charge on any atom is -0.493 e. The van der Waals surface area contributed by atoms with Crippen LogP contribution in [0.2, 0.25) is 0 Å². The number of carbonyl (C=O) groups is 1. The molecule has 0 aliphatic carbocycles. The van der Waals surface area contributed by atoms with Crippen LogP contribution in [0.25, 0.3) is 10.9 Å². The van der Waals surface area contributed by atoms with Gasteiger partial charge in [-0.05, 0) is 34.9 Å². The quantitative estimate of drug-likeness (QED) is 0.310. The summed E-state index contributed by atoms with van der Waals surface area (Å²) in [5.41, 5.74) is 4.30. The summed E-state index contributed by atoms with van der Waals surface area (Å²) in [4.78, 5) is 12.9. The number of fused-ring (bicyclic) bond motifs is 1. The Labute approximate surface area is 206 Å². The number of para-hydroxylation sites is 1. The SMILES string of the molecule is COCCNC(=O)CC(c1ccc(OCc2ccccc2)c(OC)c1)c1cn(C)c2ccccc12. The summed E-state index contributed by atoms with van der Waals surface area (Å²) in [7, 11) is 5.29. The number of hydrogen-bond acceptors (Lipinski definition) is 4. The molecule has 0 saturated heterocycles. The maximum atomic E-state index is 12.9. The molecule has 182 valence electrons. The van der Waals surface area contributed by atoms with E-state index in [4.69, 9.17) is 14.2 Å². The molecule has 0 radical (unpaired) electrons. The molecule has 0 spiro atoms. The van der Waals surface area contributed by atoms with Gasteiger partial charge >= 0.3 is 0 Å². The van der Waals surface area contributed by atoms with E-state index in [-0.39, 0.29) is 11.8 Å². The Morgan fingerprint density at radius 1 is 0.971 bits per heavy atom. The lowest BCUT2D eigenvalue weighted by atomic mass is 9.87. The lowest BCUT2D eigenvalue weighted by Gasteiger charge is -2.19. The van der Waals surface area contributed by atoms with Crippen LogP contribution in [0.4, 0.5) is 0 Å². The number of benzene rings is 3. The molecule has 4 aromatic rings. The second-order valence-corrected chi connectivity index (χ2v) is 8.50. The van der Waals surface area contributed by atoms with E-state index in [1.54, 1.807) is 14.2 Å². The van der Waals surface area contributed by atoms with Gasteiger partial charge in [0, 0.05) is 50.1 Å². The van der Waals surface area contributed by atoms with Crippen LogP contribution in [0, 0.1) is 0 Å². The first kappa shape index (κ1) is 24.4. The molecular weight excluding hydrogens is 440 g/mol. The van der Waals surface area contributed by atoms with E-state index in [0.717, 1.165) is 27.6 Å². The van der Waals surface area contributed by atoms with E-state index >= 15 is 0 Å². The molecule has 1 amide bonds. The predicted molar refractivity (Wildman–Crippen MR) is 138 cm³/mol. The molecule has 6 heteroatoms. The molecule has 4 rings (SSSR count). The van der Waals surface area contributed by atoms with E-state index in [2.05, 4.69) is 28.2 Å². The topological polar surface area (TPSA) is 61.7 Å². The van der Waals surface area contributed by atoms with Crippen LogP contribution in [0.1, 0.15) is 29.0 Å². The predicted octanol–water partition coefficient (Wildman–Crippen LogP) is 5.05. The molecule has 3 aromatic carbocycles. The number of methoxy groups -OCH3 is 2. The van der Waals surface area contributed by atoms with Gasteiger partial charge in [-0.15, -0.1) is 0 Å². The van der Waals surface area contributed by atoms with Crippen LogP contribution >= 0.6 is 0 Å². The van der Waals surface area contributed by atoms with Gasteiger partial charge in [-0.25, -0.2) is 0 Å². The van der Waals surface area contributed by atoms with E-state index in [1.807, 2.05) is 67.7 Å². The average molecular weight is 473 g/mol. The zero-order chi connectivity index (χ0) is 24.6. The van der Waals surface area contributed by atoms with Crippen molar-refractivity contribution in [3.8, 4) is 11.5 Å². The third-order valence-corrected chi connectivity index (χ3v) is 6.15. The van der Waals surface area contributed by atoms with Crippen LogP contribution in [0.3, 0.4) is 0 Å². The summed E-state index contributed by atoms with van der Waals surface area (Å²) in [6.07, 6.45) is 2.43. The second-order valence-electron chi connectivity index (χ2n) is 8.50. The average Bonchev–Trinajstić information content (AvgIpc) is 3.23. The number of ether oxygens (including phenoxy) is 3. The molecule has 0 fully saturated rings. The molecule has 1 unspecified atom stereocenters. The maximum absolute atomic E-state index is 12.9. The third-order valence-electron chi connectivity index (χ3n) is 6.15. The minimum atomic E-state index is -0.152. The summed E-state index contributed by atoms with van der Waals surface area (Å²) < 4.78 is 18.9. The van der Waals surface area contributed by atoms with Gasteiger partial charge in [-0.1, -0.05) is 54.6 Å². The number of nitrogens with one attached hydrogen (secondary N) is 1. The number of carbonyl (C=O) groups excluding carboxylic acids is 1. The van der Waals surface area contributed by atoms with Crippen molar-refractivity contribution in [3.05, 3.63) is 95.7 Å². The second kappa shape index (κ2) is 11.6. The van der Waals surface area contributed by atoms with E-state index in [1.165, 1.54) is 0 Å². The van der Waals surface area contributed by atoms with Crippen LogP contribution in [-0.2, 0) is 23.2 Å². The van der Waals surface area contributed by atoms with Gasteiger partial charge in [0.05, 0.1) is 13.7 Å². The maximum Gasteiger partial charge on any atom is 0.221 e. The van der Waals surface area contributed by atoms with Crippen molar-refractivity contribution < 1.29 is 19.0 Å². The van der Waals surface area contributed by atoms with Gasteiger partial charge in [0.2, 0.25) is 5.91 Å². The number of aryl methyl sites for hydroxylation is 1. The van der Waals surface area contributed by atoms with Crippen molar-refractivity contribution in [1.82, 2.24) is 9.88 Å². The van der Waals surface area contributed by atoms with Crippen molar-refractivity contribution in [1.29, 1.82) is 0 Å². The molecular formula is C29H32N2O4. The Morgan fingerprint density at radius 2 is 1.74 bits per heavy atom. The molecule has 0 saturated carbocycles. The zero-order valence-electron chi connectivity index (χ0n) is 20.5. The first-order chi connectivity index (χ1) is 17.1. The summed E-state index contributed by atoms with van der Waals surface area (Å²) in [6, 6.07) is 24.2. The van der Waals surface area contributed by atoms with Crippen molar-refractivity contribution in [3.63, 3.8) is 0 Å². The molecule has 1 N–H and O–H groups in total. The smallest absolute Gasteiger partial charge is 0.221 e. The number of hydrogen-bond donors (Lipinski definition) is 1. The van der Waals surface area contributed by atoms with Gasteiger partial charge in [0.25, 0.3) is 0 Å². The highest BCUT2D eigenvalue weighted by molar-refractivity contribution is 5.86. The molecule has 6 nitrogen and oxygen atoms in total. The molecule has 1 atom stereocenters. The van der Waals surface area contributed by atoms with Crippen molar-refractivity contribution in [2.24, 2.45) is 7.05 Å². The van der Waals surface area contributed by atoms with Gasteiger partial charge in [-0.2, -0.15) is 0 Å². The normalized spacial score (nSPS) is 11.9. The molecule has 0 bridgehead atoms. The van der Waals surface area contributed by atoms with Gasteiger partial charge in [0.15, 0.2) is 11.5 Å². The first-order valence-corrected chi connectivity index (χ1v) is 11.7. The fourth-order valence-corrected chi connectivity index (χ4v) is 4.36. The Morgan fingerprint density at radius 3 is 2.51 bits per heavy atom. The Kier molecular flexibility index (Phi) is 8.06. The fourth-order valence-electron chi connectivity index (χ4n) is 4.36. The Bertz CT molecular complexity index is 1270. The van der Waals surface area contributed by atoms with Crippen molar-refractivity contribution in [2.45, 2.75) is 18.9 Å². The molecule has 1 aromatic heterocycles. The number of nitrogens with zero attached hydrogens (tertiary/aromatic N) is 1. The van der Waals surface area contributed by atoms with Crippen LogP contribution < -0.4 is 14.8 Å². The monoisotopic (exact) mass is 472 g/mol. The van der Waals surface area contributed by atoms with Crippen LogP contribution in [0.15, 0.2) is 79.0 Å². The summed E-state index contributed by atoms with van der Waals surface area (Å²) in [6.45, 7) is 1.41. The van der Waals surface area contributed by atoms with Crippen molar-refractivity contribution in [2.75, 3.05) is 27.4 Å². The zero-order valence-corrected chi connectivity index (χ0v) is 20.5. The highest BCUT2D eigenvalue weighted by Crippen LogP contribution is 2.38. The molecule has 0 aliphatic rings. The summed E-state index contributed by atoms with van der Waals surface area (Å²) in [5, 5.41) is 4.09. The lowest BCUT2D eigenvalue weighted by Crippen LogP contribution is -2.28. The fraction of sp³-hybridized carbons (Fsp3) is 0.276. The number of amides is 1. The highest BCUT2D eigenvalue weighted by atomic mass is 16.5. The minimum absolute atomic E-state index is 0.0247. The van der Waals surface area contributed by atoms with Gasteiger partial charge in [0.1, 0.15) is 6.61 Å². The van der Waals surface area contributed by atoms with E-state index < -0.39 is 0 Å². The van der Waals surface area contributed by atoms with Crippen LogP contribution in [0.5, 0.6) is 11.5 Å². The number of aromatic nitrogens is 1. The molecule has 1 heterocycles. The third kappa shape index (κ3) is 5.84. The van der Waals surface area contributed by atoms with Gasteiger partial charge in [-0.3, -0.25) is 4.79 Å². The Balaban J connectivity index is 1.66. The standard InChI is InChI=1S/C29H32N2O4/c1-31-19-25(23-11-7-8-12-26(23)31)24(18-29(32)30-15-16-33-2)22-13-14-27(28(17-22)34-3)35-20-21-9-5-4-6-10-21/h4-14,17,19,24H,15-16,18,20H2,1-3H3,(H,30,32). The molecule has 35 heavy (non-hydrogen) atoms. The van der Waals surface area contributed by atoms with Crippen LogP contribution in [-0.4, -0.2) is 37.8 Å². The van der Waals surface area contributed by atoms with E-state index in [9.17, 15) is 4.79 Å². The van der Waals surface area contributed by atoms with Crippen molar-refractivity contribution >= 4 is 16.8 Å². The lowest BCUT2D eigenvalue weighted by molar-refractivity contribution is -0.121. The highest BCUT2D eigenvalue weighted by Gasteiger charge is 2.23. The largest absolute Gasteiger partial charge is 0.493 e. The first-order valence-electron chi connectivity index (χ1n) is 11.7. The van der Waals surface area contributed by atoms with Gasteiger partial charge < -0.3 is 24.1 Å². The summed E-state index contributed by atoms with van der Waals surface area (Å²) in [5.74, 6) is 1.13.